The zero-order valence-corrected chi connectivity index (χ0v) is 19.0. The summed E-state index contributed by atoms with van der Waals surface area (Å²) in [6, 6.07) is 15.2. The van der Waals surface area contributed by atoms with Crippen molar-refractivity contribution in [1.82, 2.24) is 9.78 Å². The number of hydrogen-bond acceptors (Lipinski definition) is 4. The van der Waals surface area contributed by atoms with Crippen molar-refractivity contribution in [3.05, 3.63) is 76.1 Å². The molecule has 2 aromatic carbocycles. The molecular formula is C25H28N4O3. The minimum absolute atomic E-state index is 0.0791. The number of hydrogen-bond donors (Lipinski definition) is 2. The van der Waals surface area contributed by atoms with Gasteiger partial charge in [0.15, 0.2) is 0 Å². The molecule has 0 saturated carbocycles. The van der Waals surface area contributed by atoms with Gasteiger partial charge in [0.25, 0.3) is 5.56 Å². The average molecular weight is 433 g/mol. The number of nitrogens with one attached hydrogen (secondary N) is 2. The predicted molar refractivity (Wildman–Crippen MR) is 127 cm³/mol. The Hall–Kier alpha value is -3.74. The molecule has 166 valence electrons. The van der Waals surface area contributed by atoms with Gasteiger partial charge in [0.1, 0.15) is 6.04 Å². The summed E-state index contributed by atoms with van der Waals surface area (Å²) in [5.41, 5.74) is 4.17. The van der Waals surface area contributed by atoms with E-state index in [9.17, 15) is 14.4 Å². The molecule has 0 fully saturated rings. The number of benzene rings is 2. The first-order chi connectivity index (χ1) is 15.2. The molecule has 2 N–H and O–H groups in total. The van der Waals surface area contributed by atoms with E-state index in [-0.39, 0.29) is 23.3 Å². The Morgan fingerprint density at radius 2 is 1.66 bits per heavy atom. The Balaban J connectivity index is 1.89. The Morgan fingerprint density at radius 1 is 0.906 bits per heavy atom. The summed E-state index contributed by atoms with van der Waals surface area (Å²) in [4.78, 5) is 37.3. The van der Waals surface area contributed by atoms with Crippen molar-refractivity contribution in [2.45, 2.75) is 40.7 Å². The van der Waals surface area contributed by atoms with E-state index in [0.29, 0.717) is 17.1 Å². The maximum Gasteiger partial charge on any atom is 0.267 e. The molecular weight excluding hydrogens is 404 g/mol. The lowest BCUT2D eigenvalue weighted by molar-refractivity contribution is -0.119. The van der Waals surface area contributed by atoms with Crippen molar-refractivity contribution >= 4 is 23.2 Å². The standard InChI is InChI=1S/C25H28N4O3/c1-15(2)24(31)27-22-14-19(10-9-17(22)4)21-11-12-23(30)29(28-21)18(5)25(32)26-20-8-6-7-16(3)13-20/h6-15,18H,1-5H3,(H,26,32)(H,27,31)/t18-/m0/s1. The van der Waals surface area contributed by atoms with Crippen LogP contribution in [0.15, 0.2) is 59.4 Å². The summed E-state index contributed by atoms with van der Waals surface area (Å²) in [6.07, 6.45) is 0. The Morgan fingerprint density at radius 3 is 2.34 bits per heavy atom. The normalized spacial score (nSPS) is 11.8. The molecule has 2 amide bonds. The van der Waals surface area contributed by atoms with E-state index in [2.05, 4.69) is 15.7 Å². The molecule has 7 heteroatoms. The van der Waals surface area contributed by atoms with Gasteiger partial charge in [0.2, 0.25) is 11.8 Å². The summed E-state index contributed by atoms with van der Waals surface area (Å²) >= 11 is 0. The van der Waals surface area contributed by atoms with Crippen molar-refractivity contribution in [2.75, 3.05) is 10.6 Å². The van der Waals surface area contributed by atoms with Crippen LogP contribution in [-0.4, -0.2) is 21.6 Å². The molecule has 0 radical (unpaired) electrons. The summed E-state index contributed by atoms with van der Waals surface area (Å²) in [7, 11) is 0. The van der Waals surface area contributed by atoms with E-state index in [4.69, 9.17) is 0 Å². The van der Waals surface area contributed by atoms with Gasteiger partial charge in [-0.25, -0.2) is 4.68 Å². The van der Waals surface area contributed by atoms with Gasteiger partial charge in [-0.3, -0.25) is 14.4 Å². The molecule has 0 bridgehead atoms. The molecule has 1 atom stereocenters. The number of carbonyl (C=O) groups excluding carboxylic acids is 2. The predicted octanol–water partition coefficient (Wildman–Crippen LogP) is 4.32. The summed E-state index contributed by atoms with van der Waals surface area (Å²) < 4.78 is 1.17. The van der Waals surface area contributed by atoms with E-state index in [1.807, 2.05) is 64.1 Å². The lowest BCUT2D eigenvalue weighted by Gasteiger charge is -2.16. The van der Waals surface area contributed by atoms with Crippen LogP contribution in [0.3, 0.4) is 0 Å². The van der Waals surface area contributed by atoms with Crippen molar-refractivity contribution in [3.63, 3.8) is 0 Å². The van der Waals surface area contributed by atoms with Gasteiger partial charge >= 0.3 is 0 Å². The molecule has 3 aromatic rings. The Kier molecular flexibility index (Phi) is 6.88. The fourth-order valence-corrected chi connectivity index (χ4v) is 3.13. The number of aromatic nitrogens is 2. The number of nitrogens with zero attached hydrogens (tertiary/aromatic N) is 2. The highest BCUT2D eigenvalue weighted by Crippen LogP contribution is 2.24. The van der Waals surface area contributed by atoms with Crippen LogP contribution in [0.5, 0.6) is 0 Å². The zero-order chi connectivity index (χ0) is 23.4. The maximum atomic E-state index is 12.7. The lowest BCUT2D eigenvalue weighted by Crippen LogP contribution is -2.33. The Labute approximate surface area is 187 Å². The number of rotatable bonds is 6. The molecule has 1 aromatic heterocycles. The van der Waals surface area contributed by atoms with Crippen LogP contribution in [0.1, 0.15) is 37.9 Å². The third-order valence-electron chi connectivity index (χ3n) is 5.17. The fraction of sp³-hybridized carbons (Fsp3) is 0.280. The molecule has 0 saturated heterocycles. The average Bonchev–Trinajstić information content (AvgIpc) is 2.75. The van der Waals surface area contributed by atoms with Crippen LogP contribution in [0.4, 0.5) is 11.4 Å². The van der Waals surface area contributed by atoms with Gasteiger partial charge in [-0.05, 0) is 56.2 Å². The smallest absolute Gasteiger partial charge is 0.267 e. The topological polar surface area (TPSA) is 93.1 Å². The first-order valence-electron chi connectivity index (χ1n) is 10.5. The van der Waals surface area contributed by atoms with E-state index < -0.39 is 6.04 Å². The van der Waals surface area contributed by atoms with Gasteiger partial charge in [-0.1, -0.05) is 38.1 Å². The minimum atomic E-state index is -0.812. The highest BCUT2D eigenvalue weighted by molar-refractivity contribution is 5.94. The van der Waals surface area contributed by atoms with Crippen LogP contribution < -0.4 is 16.2 Å². The second kappa shape index (κ2) is 9.60. The third-order valence-corrected chi connectivity index (χ3v) is 5.17. The highest BCUT2D eigenvalue weighted by atomic mass is 16.2. The van der Waals surface area contributed by atoms with Crippen LogP contribution in [0.2, 0.25) is 0 Å². The monoisotopic (exact) mass is 432 g/mol. The summed E-state index contributed by atoms with van der Waals surface area (Å²) in [5, 5.41) is 10.2. The fourth-order valence-electron chi connectivity index (χ4n) is 3.13. The Bertz CT molecular complexity index is 1210. The van der Waals surface area contributed by atoms with Crippen molar-refractivity contribution in [2.24, 2.45) is 5.92 Å². The summed E-state index contributed by atoms with van der Waals surface area (Å²) in [5.74, 6) is -0.563. The van der Waals surface area contributed by atoms with Crippen LogP contribution in [0.25, 0.3) is 11.3 Å². The van der Waals surface area contributed by atoms with Gasteiger partial charge in [-0.15, -0.1) is 0 Å². The van der Waals surface area contributed by atoms with E-state index in [0.717, 1.165) is 16.7 Å². The quantitative estimate of drug-likeness (QED) is 0.607. The number of aryl methyl sites for hydroxylation is 2. The van der Waals surface area contributed by atoms with E-state index in [1.165, 1.54) is 10.7 Å². The molecule has 32 heavy (non-hydrogen) atoms. The molecule has 0 aliphatic carbocycles. The first kappa shape index (κ1) is 22.9. The minimum Gasteiger partial charge on any atom is -0.326 e. The third kappa shape index (κ3) is 5.29. The second-order valence-electron chi connectivity index (χ2n) is 8.21. The van der Waals surface area contributed by atoms with Gasteiger partial charge in [-0.2, -0.15) is 5.10 Å². The molecule has 7 nitrogen and oxygen atoms in total. The number of anilines is 2. The van der Waals surface area contributed by atoms with Gasteiger partial charge < -0.3 is 10.6 Å². The first-order valence-corrected chi connectivity index (χ1v) is 10.5. The highest BCUT2D eigenvalue weighted by Gasteiger charge is 2.19. The molecule has 0 unspecified atom stereocenters. The SMILES string of the molecule is Cc1cccc(NC(=O)[C@H](C)n2nc(-c3ccc(C)c(NC(=O)C(C)C)c3)ccc2=O)c1. The molecule has 3 rings (SSSR count). The molecule has 0 spiro atoms. The van der Waals surface area contributed by atoms with E-state index >= 15 is 0 Å². The van der Waals surface area contributed by atoms with Crippen LogP contribution in [0, 0.1) is 19.8 Å². The molecule has 0 aliphatic rings. The largest absolute Gasteiger partial charge is 0.326 e. The van der Waals surface area contributed by atoms with Crippen molar-refractivity contribution in [1.29, 1.82) is 0 Å². The van der Waals surface area contributed by atoms with Crippen molar-refractivity contribution < 1.29 is 9.59 Å². The zero-order valence-electron chi connectivity index (χ0n) is 19.0. The molecule has 1 heterocycles. The number of amides is 2. The van der Waals surface area contributed by atoms with Gasteiger partial charge in [0, 0.05) is 28.9 Å². The summed E-state index contributed by atoms with van der Waals surface area (Å²) in [6.45, 7) is 9.14. The maximum absolute atomic E-state index is 12.7. The molecule has 0 aliphatic heterocycles. The lowest BCUT2D eigenvalue weighted by atomic mass is 10.1. The second-order valence-corrected chi connectivity index (χ2v) is 8.21. The van der Waals surface area contributed by atoms with Gasteiger partial charge in [0.05, 0.1) is 5.69 Å². The van der Waals surface area contributed by atoms with Crippen LogP contribution in [-0.2, 0) is 9.59 Å². The number of carbonyl (C=O) groups is 2. The van der Waals surface area contributed by atoms with Crippen molar-refractivity contribution in [3.8, 4) is 11.3 Å². The van der Waals surface area contributed by atoms with Crippen LogP contribution >= 0.6 is 0 Å². The van der Waals surface area contributed by atoms with E-state index in [1.54, 1.807) is 19.1 Å².